The van der Waals surface area contributed by atoms with Gasteiger partial charge in [0.2, 0.25) is 0 Å². The minimum atomic E-state index is -3.36. The molecule has 0 amide bonds. The van der Waals surface area contributed by atoms with E-state index in [1.807, 2.05) is 0 Å². The number of hydrogen-bond acceptors (Lipinski definition) is 3. The molecule has 18 heavy (non-hydrogen) atoms. The fourth-order valence-corrected chi connectivity index (χ4v) is 2.50. The lowest BCUT2D eigenvalue weighted by Crippen LogP contribution is -2.43. The van der Waals surface area contributed by atoms with Crippen LogP contribution < -0.4 is 5.32 Å². The molecule has 0 aromatic heterocycles. The van der Waals surface area contributed by atoms with Gasteiger partial charge in [-0.1, -0.05) is 6.07 Å². The van der Waals surface area contributed by atoms with E-state index in [0.29, 0.717) is 5.56 Å². The monoisotopic (exact) mass is 277 g/mol. The van der Waals surface area contributed by atoms with E-state index in [2.05, 4.69) is 5.32 Å². The van der Waals surface area contributed by atoms with Crippen molar-refractivity contribution >= 4 is 9.84 Å². The first-order valence-corrected chi connectivity index (χ1v) is 7.32. The lowest BCUT2D eigenvalue weighted by atomic mass is 9.95. The number of benzene rings is 1. The summed E-state index contributed by atoms with van der Waals surface area (Å²) in [5.41, 5.74) is 0.395. The minimum Gasteiger partial charge on any atom is -0.312 e. The van der Waals surface area contributed by atoms with Crippen LogP contribution in [0.25, 0.3) is 0 Å². The maximum Gasteiger partial charge on any atom is 0.159 e. The first-order valence-electron chi connectivity index (χ1n) is 5.43. The summed E-state index contributed by atoms with van der Waals surface area (Å²) in [5.74, 6) is -1.94. The Balaban J connectivity index is 3.30. The molecule has 0 aliphatic rings. The second-order valence-electron chi connectivity index (χ2n) is 4.77. The number of nitrogens with one attached hydrogen (secondary N) is 1. The van der Waals surface area contributed by atoms with Crippen molar-refractivity contribution in [2.45, 2.75) is 24.6 Å². The van der Waals surface area contributed by atoms with Gasteiger partial charge >= 0.3 is 0 Å². The van der Waals surface area contributed by atoms with Gasteiger partial charge in [0.05, 0.1) is 10.8 Å². The summed E-state index contributed by atoms with van der Waals surface area (Å²) in [7, 11) is -1.78. The molecule has 0 saturated heterocycles. The lowest BCUT2D eigenvalue weighted by molar-refractivity contribution is 0.440. The van der Waals surface area contributed by atoms with Gasteiger partial charge in [0, 0.05) is 6.26 Å². The molecule has 1 unspecified atom stereocenters. The van der Waals surface area contributed by atoms with E-state index >= 15 is 0 Å². The summed E-state index contributed by atoms with van der Waals surface area (Å²) < 4.78 is 48.5. The Bertz CT molecular complexity index is 541. The molecule has 0 saturated carbocycles. The molecule has 0 radical (unpaired) electrons. The number of sulfone groups is 1. The van der Waals surface area contributed by atoms with E-state index in [-0.39, 0.29) is 0 Å². The van der Waals surface area contributed by atoms with E-state index in [9.17, 15) is 17.2 Å². The average molecular weight is 277 g/mol. The van der Waals surface area contributed by atoms with E-state index in [1.54, 1.807) is 20.9 Å². The number of halogens is 2. The van der Waals surface area contributed by atoms with Crippen LogP contribution in [0.1, 0.15) is 25.5 Å². The van der Waals surface area contributed by atoms with Gasteiger partial charge in [0.1, 0.15) is 0 Å². The highest BCUT2D eigenvalue weighted by molar-refractivity contribution is 7.92. The van der Waals surface area contributed by atoms with Crippen LogP contribution in [0.2, 0.25) is 0 Å². The van der Waals surface area contributed by atoms with E-state index in [4.69, 9.17) is 0 Å². The highest BCUT2D eigenvalue weighted by atomic mass is 32.2. The SMILES string of the molecule is CNC(c1ccc(F)c(F)c1)C(C)(C)S(C)(=O)=O. The first kappa shape index (κ1) is 15.0. The van der Waals surface area contributed by atoms with Gasteiger partial charge in [-0.3, -0.25) is 0 Å². The van der Waals surface area contributed by atoms with Crippen LogP contribution in [0.15, 0.2) is 18.2 Å². The molecule has 102 valence electrons. The Morgan fingerprint density at radius 3 is 2.17 bits per heavy atom. The Kier molecular flexibility index (Phi) is 4.12. The molecule has 1 N–H and O–H groups in total. The van der Waals surface area contributed by atoms with Crippen molar-refractivity contribution in [1.29, 1.82) is 0 Å². The zero-order chi connectivity index (χ0) is 14.1. The van der Waals surface area contributed by atoms with Gasteiger partial charge in [0.15, 0.2) is 21.5 Å². The molecule has 0 spiro atoms. The summed E-state index contributed by atoms with van der Waals surface area (Å²) in [6.07, 6.45) is 1.12. The maximum atomic E-state index is 13.2. The van der Waals surface area contributed by atoms with Crippen molar-refractivity contribution in [3.8, 4) is 0 Å². The molecule has 0 aliphatic carbocycles. The highest BCUT2D eigenvalue weighted by Gasteiger charge is 2.39. The summed E-state index contributed by atoms with van der Waals surface area (Å²) in [6.45, 7) is 3.09. The second-order valence-corrected chi connectivity index (χ2v) is 7.37. The van der Waals surface area contributed by atoms with Crippen LogP contribution in [-0.4, -0.2) is 26.5 Å². The molecular weight excluding hydrogens is 260 g/mol. The Labute approximate surface area is 106 Å². The molecule has 1 aromatic carbocycles. The Hall–Kier alpha value is -1.01. The summed E-state index contributed by atoms with van der Waals surface area (Å²) in [5, 5.41) is 2.84. The normalized spacial score (nSPS) is 14.6. The molecule has 1 atom stereocenters. The predicted molar refractivity (Wildman–Crippen MR) is 67.1 cm³/mol. The average Bonchev–Trinajstić information content (AvgIpc) is 2.22. The quantitative estimate of drug-likeness (QED) is 0.916. The van der Waals surface area contributed by atoms with Crippen LogP contribution >= 0.6 is 0 Å². The summed E-state index contributed by atoms with van der Waals surface area (Å²) in [6, 6.07) is 2.77. The van der Waals surface area contributed by atoms with Gasteiger partial charge < -0.3 is 5.32 Å². The molecular formula is C12H17F2NO2S. The van der Waals surface area contributed by atoms with Crippen molar-refractivity contribution in [2.24, 2.45) is 0 Å². The standard InChI is InChI=1S/C12H17F2NO2S/c1-12(2,18(4,16)17)11(15-3)8-5-6-9(13)10(14)7-8/h5-7,11,15H,1-4H3. The lowest BCUT2D eigenvalue weighted by Gasteiger charge is -2.32. The predicted octanol–water partition coefficient (Wildman–Crippen LogP) is 2.05. The van der Waals surface area contributed by atoms with Crippen LogP contribution in [0.5, 0.6) is 0 Å². The Morgan fingerprint density at radius 2 is 1.78 bits per heavy atom. The largest absolute Gasteiger partial charge is 0.312 e. The maximum absolute atomic E-state index is 13.2. The molecule has 1 aromatic rings. The van der Waals surface area contributed by atoms with E-state index in [1.165, 1.54) is 6.07 Å². The molecule has 3 nitrogen and oxygen atoms in total. The summed E-state index contributed by atoms with van der Waals surface area (Å²) >= 11 is 0. The van der Waals surface area contributed by atoms with Gasteiger partial charge in [-0.05, 0) is 38.6 Å². The van der Waals surface area contributed by atoms with Crippen LogP contribution in [0.4, 0.5) is 8.78 Å². The van der Waals surface area contributed by atoms with Gasteiger partial charge in [0.25, 0.3) is 0 Å². The topological polar surface area (TPSA) is 46.2 Å². The van der Waals surface area contributed by atoms with Crippen LogP contribution in [0.3, 0.4) is 0 Å². The van der Waals surface area contributed by atoms with Crippen molar-refractivity contribution in [2.75, 3.05) is 13.3 Å². The first-order chi connectivity index (χ1) is 8.11. The fourth-order valence-electron chi connectivity index (χ4n) is 1.82. The number of rotatable bonds is 4. The zero-order valence-corrected chi connectivity index (χ0v) is 11.6. The fraction of sp³-hybridized carbons (Fsp3) is 0.500. The molecule has 6 heteroatoms. The minimum absolute atomic E-state index is 0.395. The molecule has 0 bridgehead atoms. The van der Waals surface area contributed by atoms with Crippen LogP contribution in [-0.2, 0) is 9.84 Å². The molecule has 0 aliphatic heterocycles. The van der Waals surface area contributed by atoms with Crippen molar-refractivity contribution in [3.63, 3.8) is 0 Å². The molecule has 0 heterocycles. The van der Waals surface area contributed by atoms with Gasteiger partial charge in [-0.15, -0.1) is 0 Å². The third kappa shape index (κ3) is 2.70. The smallest absolute Gasteiger partial charge is 0.159 e. The number of hydrogen-bond donors (Lipinski definition) is 1. The van der Waals surface area contributed by atoms with E-state index in [0.717, 1.165) is 18.4 Å². The van der Waals surface area contributed by atoms with E-state index < -0.39 is 32.3 Å². The van der Waals surface area contributed by atoms with Gasteiger partial charge in [-0.25, -0.2) is 17.2 Å². The van der Waals surface area contributed by atoms with Crippen molar-refractivity contribution in [3.05, 3.63) is 35.4 Å². The summed E-state index contributed by atoms with van der Waals surface area (Å²) in [4.78, 5) is 0. The molecule has 0 fully saturated rings. The van der Waals surface area contributed by atoms with Gasteiger partial charge in [-0.2, -0.15) is 0 Å². The van der Waals surface area contributed by atoms with Crippen LogP contribution in [0, 0.1) is 11.6 Å². The van der Waals surface area contributed by atoms with Crippen molar-refractivity contribution in [1.82, 2.24) is 5.32 Å². The Morgan fingerprint density at radius 1 is 1.22 bits per heavy atom. The second kappa shape index (κ2) is 4.93. The zero-order valence-electron chi connectivity index (χ0n) is 10.8. The molecule has 1 rings (SSSR count). The van der Waals surface area contributed by atoms with Crippen molar-refractivity contribution < 1.29 is 17.2 Å². The third-order valence-electron chi connectivity index (χ3n) is 3.22. The third-order valence-corrected chi connectivity index (χ3v) is 5.36. The highest BCUT2D eigenvalue weighted by Crippen LogP contribution is 2.32.